The molecular weight excluding hydrogens is 202 g/mol. The molecule has 7 heteroatoms. The number of nitrogens with two attached hydrogens (primary N) is 1. The minimum Gasteiger partial charge on any atom is -0.354 e. The standard InChI is InChI=1S/C8H17N3O4/c1-14-8(15-2)5-11-7(13)4-10-6(12)3-9/h8H,3-5,9H2,1-2H3,(H,10,12)(H,11,13). The number of hydrogen-bond acceptors (Lipinski definition) is 5. The van der Waals surface area contributed by atoms with Crippen molar-refractivity contribution in [1.82, 2.24) is 10.6 Å². The lowest BCUT2D eigenvalue weighted by molar-refractivity contribution is -0.129. The second kappa shape index (κ2) is 8.16. The molecule has 88 valence electrons. The lowest BCUT2D eigenvalue weighted by Gasteiger charge is -2.14. The van der Waals surface area contributed by atoms with Crippen molar-refractivity contribution < 1.29 is 19.1 Å². The van der Waals surface area contributed by atoms with Gasteiger partial charge in [-0.1, -0.05) is 0 Å². The van der Waals surface area contributed by atoms with E-state index in [-0.39, 0.29) is 31.4 Å². The molecule has 7 nitrogen and oxygen atoms in total. The Hall–Kier alpha value is -1.18. The van der Waals surface area contributed by atoms with Gasteiger partial charge in [-0.15, -0.1) is 0 Å². The van der Waals surface area contributed by atoms with Crippen LogP contribution in [0.15, 0.2) is 0 Å². The van der Waals surface area contributed by atoms with E-state index in [2.05, 4.69) is 10.6 Å². The molecule has 0 rings (SSSR count). The molecule has 2 amide bonds. The quantitative estimate of drug-likeness (QED) is 0.421. The second-order valence-electron chi connectivity index (χ2n) is 2.69. The lowest BCUT2D eigenvalue weighted by atomic mass is 10.5. The van der Waals surface area contributed by atoms with Crippen LogP contribution < -0.4 is 16.4 Å². The number of carbonyl (C=O) groups excluding carboxylic acids is 2. The Kier molecular flexibility index (Phi) is 7.51. The van der Waals surface area contributed by atoms with Crippen LogP contribution in [0.3, 0.4) is 0 Å². The number of methoxy groups -OCH3 is 2. The smallest absolute Gasteiger partial charge is 0.239 e. The van der Waals surface area contributed by atoms with Gasteiger partial charge in [-0.2, -0.15) is 0 Å². The molecule has 0 atom stereocenters. The summed E-state index contributed by atoms with van der Waals surface area (Å²) in [6.07, 6.45) is -0.487. The van der Waals surface area contributed by atoms with Crippen molar-refractivity contribution in [3.05, 3.63) is 0 Å². The van der Waals surface area contributed by atoms with Crippen LogP contribution in [-0.2, 0) is 19.1 Å². The average molecular weight is 219 g/mol. The van der Waals surface area contributed by atoms with Crippen LogP contribution in [0.1, 0.15) is 0 Å². The van der Waals surface area contributed by atoms with E-state index in [0.29, 0.717) is 0 Å². The summed E-state index contributed by atoms with van der Waals surface area (Å²) in [5.41, 5.74) is 5.04. The molecule has 0 aliphatic heterocycles. The van der Waals surface area contributed by atoms with Gasteiger partial charge in [-0.3, -0.25) is 9.59 Å². The SMILES string of the molecule is COC(CNC(=O)CNC(=O)CN)OC. The summed E-state index contributed by atoms with van der Waals surface area (Å²) in [5.74, 6) is -0.698. The van der Waals surface area contributed by atoms with Crippen LogP contribution in [0.2, 0.25) is 0 Å². The van der Waals surface area contributed by atoms with E-state index in [1.165, 1.54) is 14.2 Å². The van der Waals surface area contributed by atoms with Gasteiger partial charge in [0.1, 0.15) is 0 Å². The summed E-state index contributed by atoms with van der Waals surface area (Å²) in [6, 6.07) is 0. The first-order valence-corrected chi connectivity index (χ1v) is 4.43. The van der Waals surface area contributed by atoms with Gasteiger partial charge < -0.3 is 25.8 Å². The minimum atomic E-state index is -0.487. The molecule has 0 spiro atoms. The van der Waals surface area contributed by atoms with Crippen molar-refractivity contribution in [1.29, 1.82) is 0 Å². The zero-order valence-corrected chi connectivity index (χ0v) is 8.91. The van der Waals surface area contributed by atoms with Gasteiger partial charge in [0.15, 0.2) is 6.29 Å². The average Bonchev–Trinajstić information content (AvgIpc) is 2.27. The molecule has 0 radical (unpaired) electrons. The number of amides is 2. The highest BCUT2D eigenvalue weighted by atomic mass is 16.7. The molecule has 0 heterocycles. The first kappa shape index (κ1) is 13.8. The van der Waals surface area contributed by atoms with Crippen molar-refractivity contribution in [2.75, 3.05) is 33.9 Å². The molecule has 0 saturated carbocycles. The Morgan fingerprint density at radius 1 is 1.20 bits per heavy atom. The van der Waals surface area contributed by atoms with Crippen LogP contribution >= 0.6 is 0 Å². The fourth-order valence-corrected chi connectivity index (χ4v) is 0.774. The van der Waals surface area contributed by atoms with Crippen LogP contribution in [0.25, 0.3) is 0 Å². The summed E-state index contributed by atoms with van der Waals surface area (Å²) in [5, 5.41) is 4.85. The molecular formula is C8H17N3O4. The van der Waals surface area contributed by atoms with E-state index in [1.807, 2.05) is 0 Å². The highest BCUT2D eigenvalue weighted by Gasteiger charge is 2.08. The largest absolute Gasteiger partial charge is 0.354 e. The predicted molar refractivity (Wildman–Crippen MR) is 52.9 cm³/mol. The first-order valence-electron chi connectivity index (χ1n) is 4.43. The molecule has 0 aromatic rings. The van der Waals surface area contributed by atoms with Crippen LogP contribution in [0, 0.1) is 0 Å². The molecule has 0 unspecified atom stereocenters. The van der Waals surface area contributed by atoms with Gasteiger partial charge in [-0.05, 0) is 0 Å². The fourth-order valence-electron chi connectivity index (χ4n) is 0.774. The Morgan fingerprint density at radius 3 is 2.27 bits per heavy atom. The number of nitrogens with one attached hydrogen (secondary N) is 2. The molecule has 0 fully saturated rings. The van der Waals surface area contributed by atoms with Crippen LogP contribution in [0.4, 0.5) is 0 Å². The number of ether oxygens (including phenoxy) is 2. The maximum atomic E-state index is 11.1. The number of rotatable bonds is 7. The van der Waals surface area contributed by atoms with Crippen LogP contribution in [-0.4, -0.2) is 52.0 Å². The molecule has 0 aromatic heterocycles. The van der Waals surface area contributed by atoms with E-state index in [4.69, 9.17) is 15.2 Å². The van der Waals surface area contributed by atoms with E-state index >= 15 is 0 Å². The van der Waals surface area contributed by atoms with Gasteiger partial charge >= 0.3 is 0 Å². The van der Waals surface area contributed by atoms with Crippen LogP contribution in [0.5, 0.6) is 0 Å². The normalized spacial score (nSPS) is 10.1. The molecule has 4 N–H and O–H groups in total. The number of carbonyl (C=O) groups is 2. The predicted octanol–water partition coefficient (Wildman–Crippen LogP) is -2.20. The van der Waals surface area contributed by atoms with E-state index in [9.17, 15) is 9.59 Å². The first-order chi connectivity index (χ1) is 7.13. The van der Waals surface area contributed by atoms with Crippen molar-refractivity contribution in [2.45, 2.75) is 6.29 Å². The summed E-state index contributed by atoms with van der Waals surface area (Å²) in [7, 11) is 2.94. The van der Waals surface area contributed by atoms with Crippen molar-refractivity contribution >= 4 is 11.8 Å². The van der Waals surface area contributed by atoms with Gasteiger partial charge in [0, 0.05) is 14.2 Å². The Labute approximate surface area is 88.3 Å². The Balaban J connectivity index is 3.61. The number of hydrogen-bond donors (Lipinski definition) is 3. The third-order valence-corrected chi connectivity index (χ3v) is 1.62. The summed E-state index contributed by atoms with van der Waals surface area (Å²) >= 11 is 0. The second-order valence-corrected chi connectivity index (χ2v) is 2.69. The third kappa shape index (κ3) is 6.83. The minimum absolute atomic E-state index is 0.101. The fraction of sp³-hybridized carbons (Fsp3) is 0.750. The summed E-state index contributed by atoms with van der Waals surface area (Å²) in [4.78, 5) is 21.8. The topological polar surface area (TPSA) is 103 Å². The van der Waals surface area contributed by atoms with E-state index in [1.54, 1.807) is 0 Å². The Morgan fingerprint density at radius 2 is 1.80 bits per heavy atom. The van der Waals surface area contributed by atoms with Gasteiger partial charge in [-0.25, -0.2) is 0 Å². The van der Waals surface area contributed by atoms with Gasteiger partial charge in [0.05, 0.1) is 19.6 Å². The monoisotopic (exact) mass is 219 g/mol. The van der Waals surface area contributed by atoms with Crippen molar-refractivity contribution in [3.63, 3.8) is 0 Å². The maximum Gasteiger partial charge on any atom is 0.239 e. The molecule has 0 saturated heterocycles. The Bertz CT molecular complexity index is 206. The maximum absolute atomic E-state index is 11.1. The zero-order chi connectivity index (χ0) is 11.7. The van der Waals surface area contributed by atoms with Crippen molar-refractivity contribution in [3.8, 4) is 0 Å². The molecule has 15 heavy (non-hydrogen) atoms. The van der Waals surface area contributed by atoms with Gasteiger partial charge in [0.2, 0.25) is 11.8 Å². The molecule has 0 bridgehead atoms. The molecule has 0 aliphatic rings. The van der Waals surface area contributed by atoms with E-state index < -0.39 is 6.29 Å². The van der Waals surface area contributed by atoms with Gasteiger partial charge in [0.25, 0.3) is 0 Å². The van der Waals surface area contributed by atoms with E-state index in [0.717, 1.165) is 0 Å². The van der Waals surface area contributed by atoms with Crippen molar-refractivity contribution in [2.24, 2.45) is 5.73 Å². The summed E-state index contributed by atoms with van der Waals surface area (Å²) in [6.45, 7) is -0.00738. The lowest BCUT2D eigenvalue weighted by Crippen LogP contribution is -2.42. The molecule has 0 aromatic carbocycles. The molecule has 0 aliphatic carbocycles. The summed E-state index contributed by atoms with van der Waals surface area (Å²) < 4.78 is 9.70. The zero-order valence-electron chi connectivity index (χ0n) is 8.91. The third-order valence-electron chi connectivity index (χ3n) is 1.62. The highest BCUT2D eigenvalue weighted by molar-refractivity contribution is 5.85. The highest BCUT2D eigenvalue weighted by Crippen LogP contribution is 1.86.